The molecule has 2 atom stereocenters. The van der Waals surface area contributed by atoms with Crippen LogP contribution in [-0.2, 0) is 9.59 Å². The van der Waals surface area contributed by atoms with E-state index in [-0.39, 0.29) is 12.3 Å². The highest BCUT2D eigenvalue weighted by molar-refractivity contribution is 6.31. The monoisotopic (exact) mass is 577 g/mol. The van der Waals surface area contributed by atoms with Crippen LogP contribution in [0.15, 0.2) is 71.7 Å². The lowest BCUT2D eigenvalue weighted by Gasteiger charge is -2.33. The summed E-state index contributed by atoms with van der Waals surface area (Å²) in [6.07, 6.45) is 1.44. The number of halogens is 1. The summed E-state index contributed by atoms with van der Waals surface area (Å²) < 4.78 is 10.8. The molecular weight excluding hydrogens is 542 g/mol. The molecule has 1 aliphatic heterocycles. The van der Waals surface area contributed by atoms with Crippen molar-refractivity contribution < 1.29 is 24.2 Å². The zero-order chi connectivity index (χ0) is 29.6. The largest absolute Gasteiger partial charge is 0.493 e. The maximum Gasteiger partial charge on any atom is 0.305 e. The molecule has 0 spiro atoms. The minimum absolute atomic E-state index is 0.102. The normalized spacial score (nSPS) is 18.1. The Kier molecular flexibility index (Phi) is 9.68. The first-order valence-electron chi connectivity index (χ1n) is 13.6. The lowest BCUT2D eigenvalue weighted by Crippen LogP contribution is -2.50. The Labute approximate surface area is 246 Å². The number of benzene rings is 3. The number of likely N-dealkylation sites (tertiary alicyclic amines) is 1. The van der Waals surface area contributed by atoms with Crippen LogP contribution in [0.1, 0.15) is 55.8 Å². The van der Waals surface area contributed by atoms with Gasteiger partial charge in [-0.15, -0.1) is 0 Å². The fourth-order valence-corrected chi connectivity index (χ4v) is 5.55. The Hall–Kier alpha value is -3.88. The Morgan fingerprint density at radius 2 is 1.80 bits per heavy atom. The molecule has 3 aromatic carbocycles. The average Bonchev–Trinajstić information content (AvgIpc) is 3.37. The number of nitrogens with zero attached hydrogens (tertiary/aromatic N) is 2. The molecule has 0 bridgehead atoms. The van der Waals surface area contributed by atoms with Crippen LogP contribution in [0, 0.1) is 0 Å². The van der Waals surface area contributed by atoms with Crippen molar-refractivity contribution in [3.63, 3.8) is 0 Å². The number of methoxy groups -OCH3 is 2. The maximum absolute atomic E-state index is 13.7. The van der Waals surface area contributed by atoms with E-state index >= 15 is 0 Å². The number of aliphatic carboxylic acids is 1. The summed E-state index contributed by atoms with van der Waals surface area (Å²) in [6, 6.07) is 19.2. The van der Waals surface area contributed by atoms with Crippen LogP contribution in [0.4, 0.5) is 5.69 Å². The second-order valence-electron chi connectivity index (χ2n) is 10.2. The fraction of sp³-hybridized carbons (Fsp3) is 0.344. The van der Waals surface area contributed by atoms with E-state index in [4.69, 9.17) is 26.1 Å². The van der Waals surface area contributed by atoms with E-state index in [1.54, 1.807) is 43.5 Å². The number of hydrogen-bond donors (Lipinski definition) is 2. The Morgan fingerprint density at radius 3 is 2.46 bits per heavy atom. The summed E-state index contributed by atoms with van der Waals surface area (Å²) in [7, 11) is 3.07. The number of rotatable bonds is 11. The summed E-state index contributed by atoms with van der Waals surface area (Å²) in [5.41, 5.74) is 2.41. The van der Waals surface area contributed by atoms with E-state index in [0.717, 1.165) is 31.5 Å². The van der Waals surface area contributed by atoms with Crippen LogP contribution in [-0.4, -0.2) is 60.4 Å². The maximum atomic E-state index is 13.7. The number of aliphatic imine (C=N–C) groups is 1. The van der Waals surface area contributed by atoms with E-state index < -0.39 is 17.6 Å². The number of carbonyl (C=O) groups is 2. The molecule has 9 heteroatoms. The lowest BCUT2D eigenvalue weighted by atomic mass is 9.95. The van der Waals surface area contributed by atoms with Crippen molar-refractivity contribution in [2.24, 2.45) is 4.99 Å². The number of amides is 1. The third kappa shape index (κ3) is 6.72. The van der Waals surface area contributed by atoms with Gasteiger partial charge in [0, 0.05) is 16.1 Å². The molecule has 0 aliphatic carbocycles. The van der Waals surface area contributed by atoms with Gasteiger partial charge in [-0.25, -0.2) is 0 Å². The molecule has 4 rings (SSSR count). The van der Waals surface area contributed by atoms with Crippen molar-refractivity contribution in [3.05, 3.63) is 88.4 Å². The van der Waals surface area contributed by atoms with E-state index in [1.807, 2.05) is 37.3 Å². The molecule has 8 nitrogen and oxygen atoms in total. The van der Waals surface area contributed by atoms with Gasteiger partial charge in [-0.1, -0.05) is 54.9 Å². The summed E-state index contributed by atoms with van der Waals surface area (Å²) >= 11 is 6.50. The Morgan fingerprint density at radius 1 is 1.07 bits per heavy atom. The van der Waals surface area contributed by atoms with Gasteiger partial charge in [0.25, 0.3) is 0 Å². The summed E-state index contributed by atoms with van der Waals surface area (Å²) in [4.78, 5) is 32.9. The first kappa shape index (κ1) is 30.1. The predicted octanol–water partition coefficient (Wildman–Crippen LogP) is 6.22. The van der Waals surface area contributed by atoms with Gasteiger partial charge in [0.15, 0.2) is 11.5 Å². The number of carbonyl (C=O) groups excluding carboxylic acids is 1. The quantitative estimate of drug-likeness (QED) is 0.262. The van der Waals surface area contributed by atoms with Crippen molar-refractivity contribution in [1.82, 2.24) is 4.90 Å². The topological polar surface area (TPSA) is 100 Å². The average molecular weight is 578 g/mol. The minimum atomic E-state index is -1.01. The minimum Gasteiger partial charge on any atom is -0.493 e. The standard InChI is InChI=1S/C32H36ClN3O5/c1-5-36-17-9-16-32(36,2)31(39)35-25-14-13-23(33)19-24(25)30(21-10-7-6-8-11-21)34-26(20-29(37)38)22-12-15-27(40-3)28(18-22)41-4/h6-8,10-15,18-19,26H,5,9,16-17,20H2,1-4H3,(H,35,39)(H,37,38)/t26-,32+/m0/s1. The highest BCUT2D eigenvalue weighted by Crippen LogP contribution is 2.35. The van der Waals surface area contributed by atoms with Crippen LogP contribution >= 0.6 is 11.6 Å². The van der Waals surface area contributed by atoms with E-state index in [9.17, 15) is 14.7 Å². The van der Waals surface area contributed by atoms with Crippen LogP contribution in [0.5, 0.6) is 11.5 Å². The number of nitrogens with one attached hydrogen (secondary N) is 1. The molecule has 1 saturated heterocycles. The van der Waals surface area contributed by atoms with Crippen molar-refractivity contribution >= 4 is 34.9 Å². The van der Waals surface area contributed by atoms with Gasteiger partial charge in [-0.3, -0.25) is 19.5 Å². The highest BCUT2D eigenvalue weighted by atomic mass is 35.5. The van der Waals surface area contributed by atoms with Gasteiger partial charge in [0.05, 0.1) is 43.6 Å². The number of carboxylic acids is 1. The molecule has 1 fully saturated rings. The van der Waals surface area contributed by atoms with E-state index in [1.165, 1.54) is 7.11 Å². The van der Waals surface area contributed by atoms with E-state index in [0.29, 0.717) is 39.0 Å². The molecule has 0 aromatic heterocycles. The molecular formula is C32H36ClN3O5. The number of carboxylic acid groups (broad SMARTS) is 1. The van der Waals surface area contributed by atoms with Gasteiger partial charge >= 0.3 is 5.97 Å². The zero-order valence-corrected chi connectivity index (χ0v) is 24.6. The van der Waals surface area contributed by atoms with Gasteiger partial charge in [0.2, 0.25) is 5.91 Å². The fourth-order valence-electron chi connectivity index (χ4n) is 5.38. The predicted molar refractivity (Wildman–Crippen MR) is 162 cm³/mol. The second kappa shape index (κ2) is 13.2. The number of ether oxygens (including phenoxy) is 2. The molecule has 2 N–H and O–H groups in total. The van der Waals surface area contributed by atoms with Crippen molar-refractivity contribution in [3.8, 4) is 11.5 Å². The van der Waals surface area contributed by atoms with Gasteiger partial charge < -0.3 is 19.9 Å². The highest BCUT2D eigenvalue weighted by Gasteiger charge is 2.42. The molecule has 1 aliphatic rings. The Bertz CT molecular complexity index is 1430. The second-order valence-corrected chi connectivity index (χ2v) is 10.6. The molecule has 41 heavy (non-hydrogen) atoms. The van der Waals surface area contributed by atoms with Crippen molar-refractivity contribution in [2.45, 2.75) is 44.7 Å². The molecule has 0 radical (unpaired) electrons. The first-order valence-corrected chi connectivity index (χ1v) is 14.0. The summed E-state index contributed by atoms with van der Waals surface area (Å²) in [5, 5.41) is 13.4. The first-order chi connectivity index (χ1) is 19.7. The van der Waals surface area contributed by atoms with Crippen molar-refractivity contribution in [2.75, 3.05) is 32.6 Å². The molecule has 1 heterocycles. The van der Waals surface area contributed by atoms with Gasteiger partial charge in [-0.2, -0.15) is 0 Å². The molecule has 1 amide bonds. The lowest BCUT2D eigenvalue weighted by molar-refractivity contribution is -0.137. The SMILES string of the molecule is CCN1CCC[C@]1(C)C(=O)Nc1ccc(Cl)cc1C(=N[C@@H](CC(=O)O)c1ccc(OC)c(OC)c1)c1ccccc1. The molecule has 3 aromatic rings. The van der Waals surface area contributed by atoms with Crippen LogP contribution < -0.4 is 14.8 Å². The third-order valence-electron chi connectivity index (χ3n) is 7.64. The van der Waals surface area contributed by atoms with Gasteiger partial charge in [-0.05, 0) is 68.8 Å². The van der Waals surface area contributed by atoms with Crippen molar-refractivity contribution in [1.29, 1.82) is 0 Å². The van der Waals surface area contributed by atoms with Crippen LogP contribution in [0.25, 0.3) is 0 Å². The number of likely N-dealkylation sites (N-methyl/N-ethyl adjacent to an activating group) is 1. The van der Waals surface area contributed by atoms with E-state index in [2.05, 4.69) is 17.1 Å². The molecule has 0 saturated carbocycles. The smallest absolute Gasteiger partial charge is 0.305 e. The summed E-state index contributed by atoms with van der Waals surface area (Å²) in [5.74, 6) is -0.110. The molecule has 216 valence electrons. The Balaban J connectivity index is 1.86. The van der Waals surface area contributed by atoms with Crippen LogP contribution in [0.2, 0.25) is 5.02 Å². The number of hydrogen-bond acceptors (Lipinski definition) is 6. The third-order valence-corrected chi connectivity index (χ3v) is 7.87. The van der Waals surface area contributed by atoms with Gasteiger partial charge in [0.1, 0.15) is 0 Å². The number of anilines is 1. The zero-order valence-electron chi connectivity index (χ0n) is 23.8. The van der Waals surface area contributed by atoms with Crippen LogP contribution in [0.3, 0.4) is 0 Å². The summed E-state index contributed by atoms with van der Waals surface area (Å²) in [6.45, 7) is 5.67. The molecule has 0 unspecified atom stereocenters.